The third-order valence-corrected chi connectivity index (χ3v) is 6.33. The summed E-state index contributed by atoms with van der Waals surface area (Å²) in [4.78, 5) is 19.7. The number of benzene rings is 3. The first kappa shape index (κ1) is 24.1. The van der Waals surface area contributed by atoms with Crippen molar-refractivity contribution in [3.8, 4) is 22.9 Å². The molecule has 2 heterocycles. The highest BCUT2D eigenvalue weighted by Crippen LogP contribution is 2.38. The molecule has 37 heavy (non-hydrogen) atoms. The Labute approximate surface area is 215 Å². The molecule has 0 saturated heterocycles. The van der Waals surface area contributed by atoms with Crippen LogP contribution in [0.3, 0.4) is 0 Å². The molecule has 188 valence electrons. The Balaban J connectivity index is 1.56. The minimum atomic E-state index is -0.448. The molecule has 0 saturated carbocycles. The van der Waals surface area contributed by atoms with Crippen LogP contribution >= 0.6 is 0 Å². The largest absolute Gasteiger partial charge is 0.496 e. The van der Waals surface area contributed by atoms with Crippen molar-refractivity contribution in [3.63, 3.8) is 0 Å². The quantitative estimate of drug-likeness (QED) is 0.330. The molecule has 2 amide bonds. The maximum absolute atomic E-state index is 13.3. The van der Waals surface area contributed by atoms with E-state index >= 15 is 0 Å². The van der Waals surface area contributed by atoms with Gasteiger partial charge in [-0.15, -0.1) is 0 Å². The molecule has 4 aromatic rings. The van der Waals surface area contributed by atoms with Crippen LogP contribution in [-0.4, -0.2) is 34.8 Å². The first-order chi connectivity index (χ1) is 18.1. The van der Waals surface area contributed by atoms with Gasteiger partial charge >= 0.3 is 6.03 Å². The molecule has 1 aliphatic heterocycles. The Hall–Kier alpha value is -4.59. The van der Waals surface area contributed by atoms with Gasteiger partial charge in [0.05, 0.1) is 31.9 Å². The molecule has 1 aliphatic rings. The van der Waals surface area contributed by atoms with E-state index in [0.29, 0.717) is 30.6 Å². The number of para-hydroxylation sites is 1. The van der Waals surface area contributed by atoms with E-state index < -0.39 is 6.04 Å². The zero-order valence-corrected chi connectivity index (χ0v) is 21.0. The first-order valence-electron chi connectivity index (χ1n) is 12.1. The van der Waals surface area contributed by atoms with Gasteiger partial charge in [-0.2, -0.15) is 4.98 Å². The maximum atomic E-state index is 13.3. The van der Waals surface area contributed by atoms with Crippen LogP contribution in [-0.2, 0) is 6.54 Å². The van der Waals surface area contributed by atoms with Gasteiger partial charge in [0, 0.05) is 16.8 Å². The lowest BCUT2D eigenvalue weighted by molar-refractivity contribution is 0.202. The summed E-state index contributed by atoms with van der Waals surface area (Å²) in [5.41, 5.74) is 4.08. The van der Waals surface area contributed by atoms with Gasteiger partial charge in [0.25, 0.3) is 5.89 Å². The summed E-state index contributed by atoms with van der Waals surface area (Å²) in [5.74, 6) is 2.30. The van der Waals surface area contributed by atoms with Crippen molar-refractivity contribution in [1.29, 1.82) is 0 Å². The van der Waals surface area contributed by atoms with Gasteiger partial charge in [0.2, 0.25) is 5.82 Å². The van der Waals surface area contributed by atoms with E-state index in [1.54, 1.807) is 12.0 Å². The van der Waals surface area contributed by atoms with Crippen molar-refractivity contribution in [1.82, 2.24) is 20.4 Å². The van der Waals surface area contributed by atoms with E-state index in [1.807, 2.05) is 92.7 Å². The number of nitrogens with one attached hydrogen (secondary N) is 1. The molecule has 0 bridgehead atoms. The number of allylic oxidation sites excluding steroid dienone is 1. The van der Waals surface area contributed by atoms with Gasteiger partial charge in [-0.05, 0) is 49.7 Å². The molecular formula is C29H28N4O4. The number of urea groups is 1. The van der Waals surface area contributed by atoms with Crippen LogP contribution in [0, 0.1) is 0 Å². The fraction of sp³-hybridized carbons (Fsp3) is 0.207. The van der Waals surface area contributed by atoms with Gasteiger partial charge in [0.15, 0.2) is 0 Å². The molecule has 3 aromatic carbocycles. The van der Waals surface area contributed by atoms with E-state index in [2.05, 4.69) is 10.5 Å². The number of amides is 2. The third-order valence-electron chi connectivity index (χ3n) is 6.33. The summed E-state index contributed by atoms with van der Waals surface area (Å²) in [6.45, 7) is 4.77. The zero-order chi connectivity index (χ0) is 25.8. The highest BCUT2D eigenvalue weighted by Gasteiger charge is 2.36. The molecule has 5 rings (SSSR count). The molecule has 8 heteroatoms. The second-order valence-electron chi connectivity index (χ2n) is 8.57. The Morgan fingerprint density at radius 1 is 1.00 bits per heavy atom. The molecule has 1 N–H and O–H groups in total. The predicted molar refractivity (Wildman–Crippen MR) is 140 cm³/mol. The Bertz CT molecular complexity index is 1410. The van der Waals surface area contributed by atoms with Gasteiger partial charge in [-0.1, -0.05) is 53.7 Å². The number of carbonyl (C=O) groups excluding carboxylic acids is 1. The third kappa shape index (κ3) is 4.91. The molecule has 8 nitrogen and oxygen atoms in total. The normalized spacial score (nSPS) is 15.5. The van der Waals surface area contributed by atoms with E-state index in [9.17, 15) is 4.79 Å². The van der Waals surface area contributed by atoms with Gasteiger partial charge < -0.3 is 19.3 Å². The van der Waals surface area contributed by atoms with Crippen LogP contribution in [0.5, 0.6) is 11.5 Å². The van der Waals surface area contributed by atoms with Crippen molar-refractivity contribution in [2.24, 2.45) is 0 Å². The van der Waals surface area contributed by atoms with Crippen LogP contribution in [0.4, 0.5) is 4.79 Å². The Morgan fingerprint density at radius 2 is 1.73 bits per heavy atom. The molecule has 0 fully saturated rings. The summed E-state index contributed by atoms with van der Waals surface area (Å²) in [6.07, 6.45) is 0. The first-order valence-corrected chi connectivity index (χ1v) is 12.1. The lowest BCUT2D eigenvalue weighted by atomic mass is 9.94. The second-order valence-corrected chi connectivity index (χ2v) is 8.57. The summed E-state index contributed by atoms with van der Waals surface area (Å²) in [6, 6.07) is 24.3. The lowest BCUT2D eigenvalue weighted by Gasteiger charge is -2.35. The average molecular weight is 497 g/mol. The fourth-order valence-electron chi connectivity index (χ4n) is 4.47. The highest BCUT2D eigenvalue weighted by molar-refractivity contribution is 5.87. The minimum Gasteiger partial charge on any atom is -0.496 e. The molecule has 1 aromatic heterocycles. The number of hydrogen-bond acceptors (Lipinski definition) is 6. The Kier molecular flexibility index (Phi) is 6.89. The molecule has 1 unspecified atom stereocenters. The van der Waals surface area contributed by atoms with Gasteiger partial charge in [-0.3, -0.25) is 4.90 Å². The van der Waals surface area contributed by atoms with Crippen LogP contribution in [0.1, 0.15) is 36.9 Å². The van der Waals surface area contributed by atoms with Crippen molar-refractivity contribution < 1.29 is 18.8 Å². The maximum Gasteiger partial charge on any atom is 0.322 e. The molecule has 1 atom stereocenters. The van der Waals surface area contributed by atoms with Gasteiger partial charge in [-0.25, -0.2) is 4.79 Å². The zero-order valence-electron chi connectivity index (χ0n) is 21.0. The van der Waals surface area contributed by atoms with Crippen LogP contribution in [0.25, 0.3) is 17.0 Å². The second kappa shape index (κ2) is 10.6. The van der Waals surface area contributed by atoms with Crippen LogP contribution in [0.2, 0.25) is 0 Å². The predicted octanol–water partition coefficient (Wildman–Crippen LogP) is 5.84. The summed E-state index contributed by atoms with van der Waals surface area (Å²) < 4.78 is 16.8. The SMILES string of the molecule is CCOc1ccc(-c2noc(C3=C(C)N(Cc4ccccc4OC)C(=O)NC3c3ccccc3)n2)cc1. The molecule has 0 spiro atoms. The van der Waals surface area contributed by atoms with Crippen LogP contribution < -0.4 is 14.8 Å². The number of aromatic nitrogens is 2. The monoisotopic (exact) mass is 496 g/mol. The lowest BCUT2D eigenvalue weighted by Crippen LogP contribution is -2.45. The number of hydrogen-bond donors (Lipinski definition) is 1. The number of nitrogens with zero attached hydrogens (tertiary/aromatic N) is 3. The number of carbonyl (C=O) groups is 1. The van der Waals surface area contributed by atoms with Crippen molar-refractivity contribution in [3.05, 3.63) is 102 Å². The minimum absolute atomic E-state index is 0.215. The van der Waals surface area contributed by atoms with E-state index in [1.165, 1.54) is 0 Å². The molecular weight excluding hydrogens is 468 g/mol. The van der Waals surface area contributed by atoms with Crippen molar-refractivity contribution >= 4 is 11.6 Å². The topological polar surface area (TPSA) is 89.7 Å². The summed E-state index contributed by atoms with van der Waals surface area (Å²) in [7, 11) is 1.62. The fourth-order valence-corrected chi connectivity index (χ4v) is 4.47. The standard InChI is InChI=1S/C29H28N4O4/c1-4-36-23-16-14-21(15-17-23)27-31-28(37-32-27)25-19(2)33(18-22-12-8-9-13-24(22)35-3)29(34)30-26(25)20-10-6-5-7-11-20/h5-17,26H,4,18H2,1-3H3,(H,30,34). The smallest absolute Gasteiger partial charge is 0.322 e. The van der Waals surface area contributed by atoms with E-state index in [-0.39, 0.29) is 6.03 Å². The Morgan fingerprint density at radius 3 is 2.46 bits per heavy atom. The molecule has 0 aliphatic carbocycles. The summed E-state index contributed by atoms with van der Waals surface area (Å²) >= 11 is 0. The highest BCUT2D eigenvalue weighted by atomic mass is 16.5. The van der Waals surface area contributed by atoms with E-state index in [0.717, 1.165) is 33.7 Å². The van der Waals surface area contributed by atoms with E-state index in [4.69, 9.17) is 19.0 Å². The average Bonchev–Trinajstić information content (AvgIpc) is 3.42. The molecule has 0 radical (unpaired) electrons. The van der Waals surface area contributed by atoms with Crippen molar-refractivity contribution in [2.45, 2.75) is 26.4 Å². The summed E-state index contributed by atoms with van der Waals surface area (Å²) in [5, 5.41) is 7.38. The number of ether oxygens (including phenoxy) is 2. The van der Waals surface area contributed by atoms with Crippen molar-refractivity contribution in [2.75, 3.05) is 13.7 Å². The number of rotatable bonds is 8. The van der Waals surface area contributed by atoms with Gasteiger partial charge in [0.1, 0.15) is 11.5 Å². The van der Waals surface area contributed by atoms with Crippen LogP contribution in [0.15, 0.2) is 89.1 Å². The number of methoxy groups -OCH3 is 1.